The number of esters is 1. The lowest BCUT2D eigenvalue weighted by atomic mass is 10.1. The second-order valence-corrected chi connectivity index (χ2v) is 6.80. The molecule has 1 saturated heterocycles. The number of carbonyl (C=O) groups is 2. The van der Waals surface area contributed by atoms with Crippen molar-refractivity contribution in [2.75, 3.05) is 13.1 Å². The number of ether oxygens (including phenoxy) is 2. The Balaban J connectivity index is 1.68. The first-order chi connectivity index (χ1) is 12.1. The summed E-state index contributed by atoms with van der Waals surface area (Å²) in [5.74, 6) is -0.347. The number of piperidine rings is 1. The molecule has 0 bridgehead atoms. The summed E-state index contributed by atoms with van der Waals surface area (Å²) in [4.78, 5) is 25.7. The van der Waals surface area contributed by atoms with E-state index in [0.717, 1.165) is 18.4 Å². The third kappa shape index (κ3) is 6.58. The lowest BCUT2D eigenvalue weighted by Crippen LogP contribution is -2.42. The molecule has 1 aromatic rings. The van der Waals surface area contributed by atoms with Gasteiger partial charge in [0.15, 0.2) is 0 Å². The molecule has 5 nitrogen and oxygen atoms in total. The molecule has 1 aromatic carbocycles. The molecule has 1 heterocycles. The second-order valence-electron chi connectivity index (χ2n) is 6.27. The second kappa shape index (κ2) is 10.3. The van der Waals surface area contributed by atoms with Crippen LogP contribution in [0.15, 0.2) is 30.3 Å². The number of nitrogens with zero attached hydrogens (tertiary/aromatic N) is 1. The third-order valence-corrected chi connectivity index (χ3v) is 4.65. The first-order valence-electron chi connectivity index (χ1n) is 8.90. The lowest BCUT2D eigenvalue weighted by molar-refractivity contribution is -0.150. The molecule has 0 N–H and O–H groups in total. The predicted molar refractivity (Wildman–Crippen MR) is 96.5 cm³/mol. The van der Waals surface area contributed by atoms with Crippen molar-refractivity contribution in [3.63, 3.8) is 0 Å². The van der Waals surface area contributed by atoms with Crippen LogP contribution >= 0.6 is 11.6 Å². The maximum absolute atomic E-state index is 12.1. The smallest absolute Gasteiger partial charge is 0.410 e. The predicted octanol–water partition coefficient (Wildman–Crippen LogP) is 4.13. The van der Waals surface area contributed by atoms with E-state index in [2.05, 4.69) is 6.92 Å². The average molecular weight is 368 g/mol. The molecule has 0 aromatic heterocycles. The van der Waals surface area contributed by atoms with E-state index in [-0.39, 0.29) is 24.8 Å². The van der Waals surface area contributed by atoms with Gasteiger partial charge < -0.3 is 14.4 Å². The van der Waals surface area contributed by atoms with E-state index in [1.54, 1.807) is 4.90 Å². The molecule has 1 atom stereocenters. The summed E-state index contributed by atoms with van der Waals surface area (Å²) < 4.78 is 10.8. The highest BCUT2D eigenvalue weighted by atomic mass is 35.5. The molecular weight excluding hydrogens is 342 g/mol. The maximum atomic E-state index is 12.1. The van der Waals surface area contributed by atoms with Crippen LogP contribution < -0.4 is 0 Å². The Morgan fingerprint density at radius 1 is 1.24 bits per heavy atom. The summed E-state index contributed by atoms with van der Waals surface area (Å²) in [6.07, 6.45) is 3.28. The topological polar surface area (TPSA) is 55.8 Å². The van der Waals surface area contributed by atoms with Gasteiger partial charge in [-0.15, -0.1) is 11.6 Å². The van der Waals surface area contributed by atoms with E-state index in [9.17, 15) is 9.59 Å². The van der Waals surface area contributed by atoms with Crippen molar-refractivity contribution in [2.45, 2.75) is 57.1 Å². The number of carbonyl (C=O) groups excluding carboxylic acids is 2. The Morgan fingerprint density at radius 2 is 1.92 bits per heavy atom. The minimum atomic E-state index is -0.575. The number of likely N-dealkylation sites (tertiary alicyclic amines) is 1. The first kappa shape index (κ1) is 19.6. The van der Waals surface area contributed by atoms with Gasteiger partial charge in [-0.2, -0.15) is 0 Å². The van der Waals surface area contributed by atoms with Gasteiger partial charge in [-0.05, 0) is 12.0 Å². The zero-order valence-corrected chi connectivity index (χ0v) is 15.4. The fourth-order valence-corrected chi connectivity index (χ4v) is 2.91. The maximum Gasteiger partial charge on any atom is 0.410 e. The normalized spacial score (nSPS) is 16.3. The van der Waals surface area contributed by atoms with Crippen LogP contribution in [0.25, 0.3) is 0 Å². The van der Waals surface area contributed by atoms with Gasteiger partial charge in [0.2, 0.25) is 0 Å². The molecule has 6 heteroatoms. The van der Waals surface area contributed by atoms with Gasteiger partial charge in [-0.1, -0.05) is 50.1 Å². The highest BCUT2D eigenvalue weighted by Crippen LogP contribution is 2.18. The number of unbranched alkanes of at least 4 members (excludes halogenated alkanes) is 1. The van der Waals surface area contributed by atoms with Gasteiger partial charge in [0.1, 0.15) is 18.1 Å². The zero-order valence-electron chi connectivity index (χ0n) is 14.7. The van der Waals surface area contributed by atoms with E-state index in [0.29, 0.717) is 32.4 Å². The van der Waals surface area contributed by atoms with Crippen LogP contribution in [-0.4, -0.2) is 41.5 Å². The molecule has 1 aliphatic rings. The van der Waals surface area contributed by atoms with Gasteiger partial charge in [0, 0.05) is 25.9 Å². The quantitative estimate of drug-likeness (QED) is 0.537. The molecular formula is C19H26ClNO4. The van der Waals surface area contributed by atoms with Crippen LogP contribution in [-0.2, 0) is 20.9 Å². The van der Waals surface area contributed by atoms with Crippen LogP contribution in [0.3, 0.4) is 0 Å². The summed E-state index contributed by atoms with van der Waals surface area (Å²) in [7, 11) is 0. The van der Waals surface area contributed by atoms with Gasteiger partial charge in [0.25, 0.3) is 0 Å². The Labute approximate surface area is 154 Å². The number of benzene rings is 1. The molecule has 138 valence electrons. The Hall–Kier alpha value is -1.75. The minimum absolute atomic E-state index is 0.173. The molecule has 1 fully saturated rings. The number of alkyl halides is 1. The van der Waals surface area contributed by atoms with E-state index >= 15 is 0 Å². The highest BCUT2D eigenvalue weighted by Gasteiger charge is 2.27. The van der Waals surface area contributed by atoms with Crippen molar-refractivity contribution in [1.82, 2.24) is 4.90 Å². The van der Waals surface area contributed by atoms with E-state index in [1.165, 1.54) is 0 Å². The third-order valence-electron chi connectivity index (χ3n) is 4.26. The minimum Gasteiger partial charge on any atom is -0.461 e. The van der Waals surface area contributed by atoms with Gasteiger partial charge >= 0.3 is 12.1 Å². The van der Waals surface area contributed by atoms with E-state index in [1.807, 2.05) is 30.3 Å². The fraction of sp³-hybridized carbons (Fsp3) is 0.579. The van der Waals surface area contributed by atoms with E-state index < -0.39 is 5.38 Å². The summed E-state index contributed by atoms with van der Waals surface area (Å²) in [5, 5.41) is -0.575. The lowest BCUT2D eigenvalue weighted by Gasteiger charge is -2.31. The molecule has 1 amide bonds. The van der Waals surface area contributed by atoms with Crippen molar-refractivity contribution >= 4 is 23.7 Å². The average Bonchev–Trinajstić information content (AvgIpc) is 2.65. The van der Waals surface area contributed by atoms with Gasteiger partial charge in [-0.3, -0.25) is 4.79 Å². The SMILES string of the molecule is CCCCC(Cl)C(=O)OC1CCN(C(=O)OCc2ccccc2)CC1. The largest absolute Gasteiger partial charge is 0.461 e. The van der Waals surface area contributed by atoms with Gasteiger partial charge in [0.05, 0.1) is 0 Å². The molecule has 1 unspecified atom stereocenters. The standard InChI is InChI=1S/C19H26ClNO4/c1-2-3-9-17(20)18(22)25-16-10-12-21(13-11-16)19(23)24-14-15-7-5-4-6-8-15/h4-8,16-17H,2-3,9-14H2,1H3. The summed E-state index contributed by atoms with van der Waals surface area (Å²) in [6.45, 7) is 3.36. The van der Waals surface area contributed by atoms with Crippen LogP contribution in [0.1, 0.15) is 44.6 Å². The fourth-order valence-electron chi connectivity index (χ4n) is 2.71. The van der Waals surface area contributed by atoms with Crippen molar-refractivity contribution in [1.29, 1.82) is 0 Å². The van der Waals surface area contributed by atoms with Crippen LogP contribution in [0, 0.1) is 0 Å². The summed E-state index contributed by atoms with van der Waals surface area (Å²) in [5.41, 5.74) is 0.958. The van der Waals surface area contributed by atoms with Crippen molar-refractivity contribution in [3.05, 3.63) is 35.9 Å². The van der Waals surface area contributed by atoms with Crippen molar-refractivity contribution in [2.24, 2.45) is 0 Å². The molecule has 0 saturated carbocycles. The molecule has 2 rings (SSSR count). The Morgan fingerprint density at radius 3 is 2.56 bits per heavy atom. The van der Waals surface area contributed by atoms with Gasteiger partial charge in [-0.25, -0.2) is 4.79 Å². The van der Waals surface area contributed by atoms with Crippen LogP contribution in [0.4, 0.5) is 4.79 Å². The zero-order chi connectivity index (χ0) is 18.1. The highest BCUT2D eigenvalue weighted by molar-refractivity contribution is 6.29. The Kier molecular flexibility index (Phi) is 8.06. The number of amides is 1. The summed E-state index contributed by atoms with van der Waals surface area (Å²) >= 11 is 6.05. The number of rotatable bonds is 7. The monoisotopic (exact) mass is 367 g/mol. The number of hydrogen-bond acceptors (Lipinski definition) is 4. The molecule has 1 aliphatic heterocycles. The van der Waals surface area contributed by atoms with Crippen LogP contribution in [0.5, 0.6) is 0 Å². The van der Waals surface area contributed by atoms with Crippen molar-refractivity contribution in [3.8, 4) is 0 Å². The molecule has 0 radical (unpaired) electrons. The molecule has 25 heavy (non-hydrogen) atoms. The number of hydrogen-bond donors (Lipinski definition) is 0. The summed E-state index contributed by atoms with van der Waals surface area (Å²) in [6, 6.07) is 9.58. The number of halogens is 1. The van der Waals surface area contributed by atoms with Crippen molar-refractivity contribution < 1.29 is 19.1 Å². The van der Waals surface area contributed by atoms with Crippen LogP contribution in [0.2, 0.25) is 0 Å². The molecule has 0 spiro atoms. The molecule has 0 aliphatic carbocycles. The first-order valence-corrected chi connectivity index (χ1v) is 9.34. The Bertz CT molecular complexity index is 544. The van der Waals surface area contributed by atoms with E-state index in [4.69, 9.17) is 21.1 Å².